The van der Waals surface area contributed by atoms with E-state index in [-0.39, 0.29) is 12.1 Å². The first kappa shape index (κ1) is 19.8. The van der Waals surface area contributed by atoms with Crippen LogP contribution in [-0.4, -0.2) is 48.6 Å². The van der Waals surface area contributed by atoms with Gasteiger partial charge in [-0.15, -0.1) is 0 Å². The highest BCUT2D eigenvalue weighted by Gasteiger charge is 2.29. The van der Waals surface area contributed by atoms with E-state index in [1.165, 1.54) is 25.9 Å². The molecule has 2 fully saturated rings. The Kier molecular flexibility index (Phi) is 6.35. The number of amides is 2. The molecule has 2 aliphatic heterocycles. The van der Waals surface area contributed by atoms with Crippen LogP contribution in [0.2, 0.25) is 0 Å². The molecule has 2 aliphatic rings. The Morgan fingerprint density at radius 3 is 2.66 bits per heavy atom. The van der Waals surface area contributed by atoms with Crippen molar-refractivity contribution in [3.63, 3.8) is 0 Å². The summed E-state index contributed by atoms with van der Waals surface area (Å²) in [6.45, 7) is 7.75. The van der Waals surface area contributed by atoms with E-state index in [1.54, 1.807) is 0 Å². The first-order valence-corrected chi connectivity index (χ1v) is 10.7. The second-order valence-electron chi connectivity index (χ2n) is 8.14. The minimum atomic E-state index is -0.00116. The molecule has 154 valence electrons. The number of aryl methyl sites for hydroxylation is 1. The van der Waals surface area contributed by atoms with E-state index in [9.17, 15) is 4.79 Å². The fraction of sp³-hybridized carbons (Fsp3) is 0.458. The lowest BCUT2D eigenvalue weighted by Crippen LogP contribution is -2.27. The van der Waals surface area contributed by atoms with Crippen molar-refractivity contribution in [3.05, 3.63) is 65.2 Å². The van der Waals surface area contributed by atoms with Gasteiger partial charge in [0.2, 0.25) is 0 Å². The maximum atomic E-state index is 12.4. The van der Waals surface area contributed by atoms with Gasteiger partial charge in [0, 0.05) is 19.6 Å². The van der Waals surface area contributed by atoms with Crippen LogP contribution in [0.1, 0.15) is 42.0 Å². The van der Waals surface area contributed by atoms with E-state index >= 15 is 0 Å². The summed E-state index contributed by atoms with van der Waals surface area (Å²) in [5.41, 5.74) is 3.41. The van der Waals surface area contributed by atoms with Crippen molar-refractivity contribution < 1.29 is 9.53 Å². The van der Waals surface area contributed by atoms with Gasteiger partial charge < -0.3 is 19.9 Å². The number of hydrogen-bond donors (Lipinski definition) is 1. The molecule has 0 aromatic heterocycles. The van der Waals surface area contributed by atoms with E-state index in [2.05, 4.69) is 41.4 Å². The predicted octanol–water partition coefficient (Wildman–Crippen LogP) is 4.13. The second-order valence-corrected chi connectivity index (χ2v) is 8.14. The summed E-state index contributed by atoms with van der Waals surface area (Å²) in [7, 11) is 0. The van der Waals surface area contributed by atoms with Gasteiger partial charge in [-0.05, 0) is 62.0 Å². The molecule has 5 heteroatoms. The van der Waals surface area contributed by atoms with Crippen LogP contribution >= 0.6 is 0 Å². The molecule has 0 unspecified atom stereocenters. The second kappa shape index (κ2) is 9.31. The Bertz CT molecular complexity index is 818. The summed E-state index contributed by atoms with van der Waals surface area (Å²) in [5, 5.41) is 3.08. The Morgan fingerprint density at radius 2 is 1.90 bits per heavy atom. The molecule has 0 aliphatic carbocycles. The number of hydrogen-bond acceptors (Lipinski definition) is 3. The lowest BCUT2D eigenvalue weighted by Gasteiger charge is -2.17. The molecule has 2 aromatic carbocycles. The van der Waals surface area contributed by atoms with Crippen molar-refractivity contribution in [1.82, 2.24) is 15.1 Å². The summed E-state index contributed by atoms with van der Waals surface area (Å²) in [6, 6.07) is 16.5. The van der Waals surface area contributed by atoms with Gasteiger partial charge >= 0.3 is 6.03 Å². The number of urea groups is 1. The summed E-state index contributed by atoms with van der Waals surface area (Å²) in [6.07, 6.45) is 3.74. The number of benzene rings is 2. The van der Waals surface area contributed by atoms with Crippen LogP contribution in [-0.2, 0) is 6.54 Å². The molecule has 0 radical (unpaired) electrons. The largest absolute Gasteiger partial charge is 0.493 e. The normalized spacial score (nSPS) is 19.6. The number of ether oxygens (including phenoxy) is 1. The zero-order valence-corrected chi connectivity index (χ0v) is 17.3. The van der Waals surface area contributed by atoms with Gasteiger partial charge in [0.25, 0.3) is 0 Å². The lowest BCUT2D eigenvalue weighted by molar-refractivity contribution is 0.215. The molecule has 0 saturated carbocycles. The van der Waals surface area contributed by atoms with Crippen LogP contribution in [0.3, 0.4) is 0 Å². The van der Waals surface area contributed by atoms with Gasteiger partial charge in [0.05, 0.1) is 12.6 Å². The van der Waals surface area contributed by atoms with Crippen LogP contribution in [0.4, 0.5) is 4.79 Å². The van der Waals surface area contributed by atoms with E-state index in [4.69, 9.17) is 4.74 Å². The molecule has 1 atom stereocenters. The van der Waals surface area contributed by atoms with Crippen molar-refractivity contribution in [2.45, 2.75) is 38.8 Å². The fourth-order valence-electron chi connectivity index (χ4n) is 4.27. The number of carbonyl (C=O) groups is 1. The molecule has 0 bridgehead atoms. The Morgan fingerprint density at radius 1 is 1.10 bits per heavy atom. The zero-order valence-electron chi connectivity index (χ0n) is 17.3. The minimum Gasteiger partial charge on any atom is -0.493 e. The van der Waals surface area contributed by atoms with Crippen molar-refractivity contribution in [3.8, 4) is 5.75 Å². The highest BCUT2D eigenvalue weighted by Crippen LogP contribution is 2.24. The molecule has 0 spiro atoms. The molecule has 2 amide bonds. The third-order valence-corrected chi connectivity index (χ3v) is 5.88. The zero-order chi connectivity index (χ0) is 20.1. The van der Waals surface area contributed by atoms with E-state index < -0.39 is 0 Å². The third kappa shape index (κ3) is 5.10. The predicted molar refractivity (Wildman–Crippen MR) is 115 cm³/mol. The molecular weight excluding hydrogens is 362 g/mol. The fourth-order valence-corrected chi connectivity index (χ4v) is 4.27. The van der Waals surface area contributed by atoms with E-state index in [0.717, 1.165) is 42.0 Å². The monoisotopic (exact) mass is 393 g/mol. The molecule has 29 heavy (non-hydrogen) atoms. The molecular formula is C24H31N3O2. The molecule has 2 saturated heterocycles. The number of carbonyl (C=O) groups excluding carboxylic acids is 1. The SMILES string of the molecule is Cc1cc(CN2C[C@H](c3ccccc3)NC2=O)ccc1OCCCN1CCCC1. The Hall–Kier alpha value is -2.53. The molecule has 1 N–H and O–H groups in total. The lowest BCUT2D eigenvalue weighted by atomic mass is 10.1. The topological polar surface area (TPSA) is 44.8 Å². The molecule has 2 heterocycles. The number of nitrogens with one attached hydrogen (secondary N) is 1. The highest BCUT2D eigenvalue weighted by atomic mass is 16.5. The number of rotatable bonds is 8. The van der Waals surface area contributed by atoms with Crippen LogP contribution in [0.25, 0.3) is 0 Å². The van der Waals surface area contributed by atoms with Gasteiger partial charge in [-0.3, -0.25) is 0 Å². The standard InChI is InChI=1S/C24H31N3O2/c1-19-16-20(10-11-23(19)29-15-7-14-26-12-5-6-13-26)17-27-18-22(25-24(27)28)21-8-3-2-4-9-21/h2-4,8-11,16,22H,5-7,12-15,17-18H2,1H3,(H,25,28)/t22-/m1/s1. The first-order chi connectivity index (χ1) is 14.2. The summed E-state index contributed by atoms with van der Waals surface area (Å²) in [4.78, 5) is 16.8. The minimum absolute atomic E-state index is 0.00116. The van der Waals surface area contributed by atoms with Gasteiger partial charge in [-0.25, -0.2) is 4.79 Å². The highest BCUT2D eigenvalue weighted by molar-refractivity contribution is 5.77. The maximum absolute atomic E-state index is 12.4. The maximum Gasteiger partial charge on any atom is 0.318 e. The van der Waals surface area contributed by atoms with E-state index in [0.29, 0.717) is 13.1 Å². The Labute approximate surface area is 173 Å². The third-order valence-electron chi connectivity index (χ3n) is 5.88. The summed E-state index contributed by atoms with van der Waals surface area (Å²) < 4.78 is 6.00. The number of likely N-dealkylation sites (tertiary alicyclic amines) is 1. The Balaban J connectivity index is 1.28. The smallest absolute Gasteiger partial charge is 0.318 e. The van der Waals surface area contributed by atoms with Crippen molar-refractivity contribution in [2.24, 2.45) is 0 Å². The number of nitrogens with zero attached hydrogens (tertiary/aromatic N) is 2. The molecule has 5 nitrogen and oxygen atoms in total. The van der Waals surface area contributed by atoms with Gasteiger partial charge in [-0.1, -0.05) is 42.5 Å². The molecule has 4 rings (SSSR count). The summed E-state index contributed by atoms with van der Waals surface area (Å²) >= 11 is 0. The van der Waals surface area contributed by atoms with Crippen molar-refractivity contribution >= 4 is 6.03 Å². The first-order valence-electron chi connectivity index (χ1n) is 10.7. The van der Waals surface area contributed by atoms with Gasteiger partial charge in [0.15, 0.2) is 0 Å². The van der Waals surface area contributed by atoms with E-state index in [1.807, 2.05) is 29.2 Å². The van der Waals surface area contributed by atoms with Crippen LogP contribution in [0.5, 0.6) is 5.75 Å². The van der Waals surface area contributed by atoms with Gasteiger partial charge in [0.1, 0.15) is 5.75 Å². The van der Waals surface area contributed by atoms with Crippen molar-refractivity contribution in [2.75, 3.05) is 32.8 Å². The van der Waals surface area contributed by atoms with Gasteiger partial charge in [-0.2, -0.15) is 0 Å². The van der Waals surface area contributed by atoms with Crippen LogP contribution in [0.15, 0.2) is 48.5 Å². The van der Waals surface area contributed by atoms with Crippen molar-refractivity contribution in [1.29, 1.82) is 0 Å². The molecule has 2 aromatic rings. The van der Waals surface area contributed by atoms with Crippen LogP contribution in [0, 0.1) is 6.92 Å². The summed E-state index contributed by atoms with van der Waals surface area (Å²) in [5.74, 6) is 0.947. The average Bonchev–Trinajstić information content (AvgIpc) is 3.37. The van der Waals surface area contributed by atoms with Crippen LogP contribution < -0.4 is 10.1 Å². The quantitative estimate of drug-likeness (QED) is 0.686. The average molecular weight is 394 g/mol.